The van der Waals surface area contributed by atoms with E-state index >= 15 is 0 Å². The van der Waals surface area contributed by atoms with Gasteiger partial charge in [0.25, 0.3) is 0 Å². The molecule has 17 heavy (non-hydrogen) atoms. The standard InChI is InChI=1S/C11H13NO4S/c1-8-12-10-7-9(3-4-11(10)16-8)17(14,15)6-2-5-13/h3-4,7,13H,2,5-6H2,1H3. The largest absolute Gasteiger partial charge is 0.441 e. The van der Waals surface area contributed by atoms with Gasteiger partial charge in [-0.3, -0.25) is 0 Å². The number of nitrogens with zero attached hydrogens (tertiary/aromatic N) is 1. The topological polar surface area (TPSA) is 80.4 Å². The average molecular weight is 255 g/mol. The number of aromatic nitrogens is 1. The lowest BCUT2D eigenvalue weighted by Crippen LogP contribution is -2.08. The second-order valence-corrected chi connectivity index (χ2v) is 5.87. The highest BCUT2D eigenvalue weighted by atomic mass is 32.2. The highest BCUT2D eigenvalue weighted by Gasteiger charge is 2.15. The third kappa shape index (κ3) is 2.48. The maximum atomic E-state index is 11.9. The van der Waals surface area contributed by atoms with Crippen LogP contribution in [0.4, 0.5) is 0 Å². The van der Waals surface area contributed by atoms with Gasteiger partial charge >= 0.3 is 0 Å². The van der Waals surface area contributed by atoms with Gasteiger partial charge in [-0.2, -0.15) is 0 Å². The lowest BCUT2D eigenvalue weighted by atomic mass is 10.3. The molecular formula is C11H13NO4S. The third-order valence-corrected chi connectivity index (χ3v) is 4.19. The zero-order valence-electron chi connectivity index (χ0n) is 9.38. The minimum Gasteiger partial charge on any atom is -0.441 e. The fraction of sp³-hybridized carbons (Fsp3) is 0.364. The Bertz CT molecular complexity index is 630. The summed E-state index contributed by atoms with van der Waals surface area (Å²) in [7, 11) is -3.35. The number of rotatable bonds is 4. The molecule has 0 amide bonds. The molecule has 0 fully saturated rings. The lowest BCUT2D eigenvalue weighted by Gasteiger charge is -2.02. The fourth-order valence-corrected chi connectivity index (χ4v) is 2.90. The third-order valence-electron chi connectivity index (χ3n) is 2.40. The summed E-state index contributed by atoms with van der Waals surface area (Å²) in [6.45, 7) is 1.57. The molecule has 6 heteroatoms. The molecule has 5 nitrogen and oxygen atoms in total. The van der Waals surface area contributed by atoms with Gasteiger partial charge in [0.2, 0.25) is 0 Å². The van der Waals surface area contributed by atoms with Crippen molar-refractivity contribution in [3.63, 3.8) is 0 Å². The number of aryl methyl sites for hydroxylation is 1. The molecule has 0 unspecified atom stereocenters. The molecule has 1 N–H and O–H groups in total. The molecule has 0 aliphatic heterocycles. The summed E-state index contributed by atoms with van der Waals surface area (Å²) in [6, 6.07) is 4.60. The summed E-state index contributed by atoms with van der Waals surface area (Å²) in [4.78, 5) is 4.30. The monoisotopic (exact) mass is 255 g/mol. The van der Waals surface area contributed by atoms with Crippen LogP contribution in [0.2, 0.25) is 0 Å². The van der Waals surface area contributed by atoms with Crippen LogP contribution in [0.3, 0.4) is 0 Å². The van der Waals surface area contributed by atoms with Crippen LogP contribution in [0.25, 0.3) is 11.1 Å². The molecule has 1 aromatic heterocycles. The van der Waals surface area contributed by atoms with Crippen molar-refractivity contribution in [3.8, 4) is 0 Å². The smallest absolute Gasteiger partial charge is 0.192 e. The van der Waals surface area contributed by atoms with E-state index in [0.29, 0.717) is 17.0 Å². The van der Waals surface area contributed by atoms with Gasteiger partial charge in [-0.15, -0.1) is 0 Å². The van der Waals surface area contributed by atoms with Crippen molar-refractivity contribution in [3.05, 3.63) is 24.1 Å². The second kappa shape index (κ2) is 4.46. The molecule has 0 radical (unpaired) electrons. The highest BCUT2D eigenvalue weighted by Crippen LogP contribution is 2.20. The fourth-order valence-electron chi connectivity index (χ4n) is 1.59. The number of oxazole rings is 1. The van der Waals surface area contributed by atoms with E-state index in [4.69, 9.17) is 9.52 Å². The molecule has 1 heterocycles. The Kier molecular flexibility index (Phi) is 3.17. The van der Waals surface area contributed by atoms with Crippen LogP contribution in [0, 0.1) is 6.92 Å². The predicted molar refractivity (Wildman–Crippen MR) is 62.5 cm³/mol. The predicted octanol–water partition coefficient (Wildman–Crippen LogP) is 1.29. The first kappa shape index (κ1) is 12.1. The number of sulfone groups is 1. The normalized spacial score (nSPS) is 12.1. The highest BCUT2D eigenvalue weighted by molar-refractivity contribution is 7.91. The summed E-state index contributed by atoms with van der Waals surface area (Å²) in [5.74, 6) is 0.441. The number of aliphatic hydroxyl groups is 1. The number of hydrogen-bond acceptors (Lipinski definition) is 5. The molecule has 0 saturated carbocycles. The van der Waals surface area contributed by atoms with E-state index in [1.165, 1.54) is 12.1 Å². The maximum absolute atomic E-state index is 11.9. The maximum Gasteiger partial charge on any atom is 0.192 e. The van der Waals surface area contributed by atoms with Gasteiger partial charge in [-0.1, -0.05) is 0 Å². The molecule has 0 saturated heterocycles. The van der Waals surface area contributed by atoms with Gasteiger partial charge in [0.15, 0.2) is 21.3 Å². The van der Waals surface area contributed by atoms with Crippen molar-refractivity contribution in [2.24, 2.45) is 0 Å². The first-order valence-electron chi connectivity index (χ1n) is 5.24. The summed E-state index contributed by atoms with van der Waals surface area (Å²) in [5, 5.41) is 8.66. The Morgan fingerprint density at radius 3 is 2.88 bits per heavy atom. The quantitative estimate of drug-likeness (QED) is 0.890. The van der Waals surface area contributed by atoms with E-state index in [-0.39, 0.29) is 23.7 Å². The van der Waals surface area contributed by atoms with Gasteiger partial charge in [0.05, 0.1) is 10.6 Å². The van der Waals surface area contributed by atoms with Gasteiger partial charge in [0.1, 0.15) is 5.52 Å². The molecule has 92 valence electrons. The lowest BCUT2D eigenvalue weighted by molar-refractivity contribution is 0.295. The number of aliphatic hydroxyl groups excluding tert-OH is 1. The van der Waals surface area contributed by atoms with E-state index in [1.54, 1.807) is 13.0 Å². The molecule has 0 bridgehead atoms. The van der Waals surface area contributed by atoms with Crippen LogP contribution in [-0.2, 0) is 9.84 Å². The van der Waals surface area contributed by atoms with Crippen molar-refractivity contribution >= 4 is 20.9 Å². The van der Waals surface area contributed by atoms with Crippen LogP contribution in [0.1, 0.15) is 12.3 Å². The molecule has 0 aliphatic carbocycles. The van der Waals surface area contributed by atoms with E-state index in [9.17, 15) is 8.42 Å². The zero-order chi connectivity index (χ0) is 12.5. The average Bonchev–Trinajstić information content (AvgIpc) is 2.65. The Balaban J connectivity index is 2.42. The Morgan fingerprint density at radius 1 is 1.41 bits per heavy atom. The summed E-state index contributed by atoms with van der Waals surface area (Å²) < 4.78 is 29.0. The zero-order valence-corrected chi connectivity index (χ0v) is 10.2. The summed E-state index contributed by atoms with van der Waals surface area (Å²) in [5.41, 5.74) is 1.11. The molecule has 1 aromatic carbocycles. The van der Waals surface area contributed by atoms with Gasteiger partial charge in [-0.05, 0) is 24.6 Å². The first-order chi connectivity index (χ1) is 8.03. The molecular weight excluding hydrogens is 242 g/mol. The van der Waals surface area contributed by atoms with Crippen molar-refractivity contribution in [1.29, 1.82) is 0 Å². The van der Waals surface area contributed by atoms with Crippen molar-refractivity contribution in [2.75, 3.05) is 12.4 Å². The Hall–Kier alpha value is -1.40. The van der Waals surface area contributed by atoms with Crippen LogP contribution in [-0.4, -0.2) is 30.9 Å². The van der Waals surface area contributed by atoms with E-state index in [1.807, 2.05) is 0 Å². The number of hydrogen-bond donors (Lipinski definition) is 1. The summed E-state index contributed by atoms with van der Waals surface area (Å²) in [6.07, 6.45) is 0.234. The minimum atomic E-state index is -3.35. The van der Waals surface area contributed by atoms with Gasteiger partial charge < -0.3 is 9.52 Å². The van der Waals surface area contributed by atoms with E-state index in [2.05, 4.69) is 4.98 Å². The van der Waals surface area contributed by atoms with E-state index in [0.717, 1.165) is 0 Å². The van der Waals surface area contributed by atoms with Crippen LogP contribution < -0.4 is 0 Å². The Labute approximate surface area is 99.0 Å². The second-order valence-electron chi connectivity index (χ2n) is 3.76. The van der Waals surface area contributed by atoms with Gasteiger partial charge in [0, 0.05) is 13.5 Å². The van der Waals surface area contributed by atoms with Crippen LogP contribution in [0.15, 0.2) is 27.5 Å². The van der Waals surface area contributed by atoms with E-state index < -0.39 is 9.84 Å². The molecule has 2 rings (SSSR count). The van der Waals surface area contributed by atoms with Gasteiger partial charge in [-0.25, -0.2) is 13.4 Å². The number of benzene rings is 1. The molecule has 0 spiro atoms. The van der Waals surface area contributed by atoms with Crippen LogP contribution >= 0.6 is 0 Å². The minimum absolute atomic E-state index is 0.0637. The molecule has 0 aliphatic rings. The molecule has 0 atom stereocenters. The number of fused-ring (bicyclic) bond motifs is 1. The Morgan fingerprint density at radius 2 is 2.18 bits per heavy atom. The van der Waals surface area contributed by atoms with Crippen molar-refractivity contribution in [1.82, 2.24) is 4.98 Å². The molecule has 2 aromatic rings. The summed E-state index contributed by atoms with van der Waals surface area (Å²) >= 11 is 0. The van der Waals surface area contributed by atoms with Crippen molar-refractivity contribution < 1.29 is 17.9 Å². The van der Waals surface area contributed by atoms with Crippen molar-refractivity contribution in [2.45, 2.75) is 18.2 Å². The van der Waals surface area contributed by atoms with Crippen LogP contribution in [0.5, 0.6) is 0 Å². The SMILES string of the molecule is Cc1nc2cc(S(=O)(=O)CCCO)ccc2o1. The first-order valence-corrected chi connectivity index (χ1v) is 6.89.